The highest BCUT2D eigenvalue weighted by atomic mass is 16.5. The number of H-pyrrole nitrogens is 1. The van der Waals surface area contributed by atoms with Gasteiger partial charge in [0.2, 0.25) is 5.56 Å². The van der Waals surface area contributed by atoms with Crippen molar-refractivity contribution < 1.29 is 9.47 Å². The zero-order valence-electron chi connectivity index (χ0n) is 10.9. The maximum Gasteiger partial charge on any atom is 0.248 e. The van der Waals surface area contributed by atoms with Gasteiger partial charge in [-0.25, -0.2) is 0 Å². The summed E-state index contributed by atoms with van der Waals surface area (Å²) in [4.78, 5) is 14.4. The van der Waals surface area contributed by atoms with Gasteiger partial charge in [0.05, 0.1) is 12.6 Å². The molecule has 1 N–H and O–H groups in total. The summed E-state index contributed by atoms with van der Waals surface area (Å²) in [6.07, 6.45) is 2.06. The van der Waals surface area contributed by atoms with Crippen LogP contribution in [0.15, 0.2) is 29.1 Å². The van der Waals surface area contributed by atoms with E-state index in [1.54, 1.807) is 13.2 Å². The van der Waals surface area contributed by atoms with Crippen LogP contribution in [-0.2, 0) is 4.74 Å². The monoisotopic (exact) mass is 259 g/mol. The SMILES string of the molecule is COc1ccc(C2CCOCC2)c2ccc(=O)[nH]c12. The molecule has 0 unspecified atom stereocenters. The molecule has 1 aliphatic rings. The summed E-state index contributed by atoms with van der Waals surface area (Å²) in [5.74, 6) is 1.21. The first-order valence-corrected chi connectivity index (χ1v) is 6.57. The molecular weight excluding hydrogens is 242 g/mol. The molecule has 0 saturated carbocycles. The highest BCUT2D eigenvalue weighted by Crippen LogP contribution is 2.34. The Morgan fingerprint density at radius 2 is 2.00 bits per heavy atom. The summed E-state index contributed by atoms with van der Waals surface area (Å²) in [6, 6.07) is 7.50. The Morgan fingerprint density at radius 3 is 2.74 bits per heavy atom. The molecule has 0 atom stereocenters. The number of pyridine rings is 1. The van der Waals surface area contributed by atoms with Gasteiger partial charge in [-0.15, -0.1) is 0 Å². The first-order chi connectivity index (χ1) is 9.29. The Labute approximate surface area is 111 Å². The van der Waals surface area contributed by atoms with E-state index in [-0.39, 0.29) is 5.56 Å². The molecule has 1 aromatic heterocycles. The third-order valence-corrected chi connectivity index (χ3v) is 3.77. The normalized spacial score (nSPS) is 16.7. The molecule has 4 heteroatoms. The highest BCUT2D eigenvalue weighted by Gasteiger charge is 2.19. The molecule has 1 fully saturated rings. The van der Waals surface area contributed by atoms with Gasteiger partial charge in [-0.05, 0) is 36.5 Å². The zero-order valence-corrected chi connectivity index (χ0v) is 10.9. The minimum Gasteiger partial charge on any atom is -0.495 e. The maximum atomic E-state index is 11.5. The summed E-state index contributed by atoms with van der Waals surface area (Å²) >= 11 is 0. The van der Waals surface area contributed by atoms with E-state index in [4.69, 9.17) is 9.47 Å². The Morgan fingerprint density at radius 1 is 1.21 bits per heavy atom. The molecule has 19 heavy (non-hydrogen) atoms. The van der Waals surface area contributed by atoms with Gasteiger partial charge in [0.15, 0.2) is 0 Å². The average molecular weight is 259 g/mol. The second kappa shape index (κ2) is 5.05. The van der Waals surface area contributed by atoms with E-state index in [0.29, 0.717) is 11.7 Å². The van der Waals surface area contributed by atoms with Gasteiger partial charge in [0.1, 0.15) is 5.75 Å². The number of rotatable bonds is 2. The first-order valence-electron chi connectivity index (χ1n) is 6.57. The number of hydrogen-bond donors (Lipinski definition) is 1. The largest absolute Gasteiger partial charge is 0.495 e. The van der Waals surface area contributed by atoms with E-state index in [9.17, 15) is 4.79 Å². The van der Waals surface area contributed by atoms with Crippen LogP contribution in [0.4, 0.5) is 0 Å². The smallest absolute Gasteiger partial charge is 0.248 e. The van der Waals surface area contributed by atoms with Crippen molar-refractivity contribution in [3.63, 3.8) is 0 Å². The minimum absolute atomic E-state index is 0.102. The van der Waals surface area contributed by atoms with Crippen LogP contribution < -0.4 is 10.3 Å². The van der Waals surface area contributed by atoms with Crippen molar-refractivity contribution in [3.05, 3.63) is 40.2 Å². The molecule has 0 aliphatic carbocycles. The van der Waals surface area contributed by atoms with Gasteiger partial charge in [-0.1, -0.05) is 6.07 Å². The average Bonchev–Trinajstić information content (AvgIpc) is 2.47. The molecular formula is C15H17NO3. The number of fused-ring (bicyclic) bond motifs is 1. The Kier molecular flexibility index (Phi) is 3.25. The van der Waals surface area contributed by atoms with Gasteiger partial charge in [0.25, 0.3) is 0 Å². The summed E-state index contributed by atoms with van der Waals surface area (Å²) < 4.78 is 10.7. The van der Waals surface area contributed by atoms with Crippen LogP contribution in [0.25, 0.3) is 10.9 Å². The fourth-order valence-corrected chi connectivity index (χ4v) is 2.78. The third-order valence-electron chi connectivity index (χ3n) is 3.77. The van der Waals surface area contributed by atoms with Gasteiger partial charge < -0.3 is 14.5 Å². The maximum absolute atomic E-state index is 11.5. The lowest BCUT2D eigenvalue weighted by Crippen LogP contribution is -2.15. The molecule has 2 aromatic rings. The molecule has 3 rings (SSSR count). The summed E-state index contributed by atoms with van der Waals surface area (Å²) in [5.41, 5.74) is 1.96. The highest BCUT2D eigenvalue weighted by molar-refractivity contribution is 5.87. The van der Waals surface area contributed by atoms with Crippen molar-refractivity contribution >= 4 is 10.9 Å². The standard InChI is InChI=1S/C15H17NO3/c1-18-13-4-2-11(10-6-8-19-9-7-10)12-3-5-14(17)16-15(12)13/h2-5,10H,6-9H2,1H3,(H,16,17). The number of ether oxygens (including phenoxy) is 2. The van der Waals surface area contributed by atoms with Crippen LogP contribution in [0, 0.1) is 0 Å². The second-order valence-corrected chi connectivity index (χ2v) is 4.85. The number of hydrogen-bond acceptors (Lipinski definition) is 3. The summed E-state index contributed by atoms with van der Waals surface area (Å²) in [7, 11) is 1.62. The predicted molar refractivity (Wildman–Crippen MR) is 73.9 cm³/mol. The van der Waals surface area contributed by atoms with Crippen molar-refractivity contribution in [2.75, 3.05) is 20.3 Å². The van der Waals surface area contributed by atoms with Crippen LogP contribution in [0.1, 0.15) is 24.3 Å². The number of aromatic nitrogens is 1. The molecule has 2 heterocycles. The third kappa shape index (κ3) is 2.24. The Hall–Kier alpha value is -1.81. The first kappa shape index (κ1) is 12.2. The molecule has 4 nitrogen and oxygen atoms in total. The molecule has 100 valence electrons. The fraction of sp³-hybridized carbons (Fsp3) is 0.400. The van der Waals surface area contributed by atoms with Crippen LogP contribution >= 0.6 is 0 Å². The van der Waals surface area contributed by atoms with Gasteiger partial charge in [0, 0.05) is 24.7 Å². The molecule has 0 radical (unpaired) electrons. The fourth-order valence-electron chi connectivity index (χ4n) is 2.78. The minimum atomic E-state index is -0.102. The second-order valence-electron chi connectivity index (χ2n) is 4.85. The van der Waals surface area contributed by atoms with E-state index in [0.717, 1.165) is 37.0 Å². The van der Waals surface area contributed by atoms with E-state index < -0.39 is 0 Å². The van der Waals surface area contributed by atoms with Crippen molar-refractivity contribution in [1.29, 1.82) is 0 Å². The molecule has 1 saturated heterocycles. The lowest BCUT2D eigenvalue weighted by atomic mass is 9.89. The number of methoxy groups -OCH3 is 1. The van der Waals surface area contributed by atoms with Crippen molar-refractivity contribution in [3.8, 4) is 5.75 Å². The van der Waals surface area contributed by atoms with Crippen molar-refractivity contribution in [2.24, 2.45) is 0 Å². The number of nitrogens with one attached hydrogen (secondary N) is 1. The van der Waals surface area contributed by atoms with Crippen LogP contribution in [0.2, 0.25) is 0 Å². The van der Waals surface area contributed by atoms with Crippen molar-refractivity contribution in [1.82, 2.24) is 4.98 Å². The van der Waals surface area contributed by atoms with E-state index >= 15 is 0 Å². The lowest BCUT2D eigenvalue weighted by molar-refractivity contribution is 0.0856. The number of aromatic amines is 1. The van der Waals surface area contributed by atoms with Crippen LogP contribution in [0.3, 0.4) is 0 Å². The van der Waals surface area contributed by atoms with Gasteiger partial charge in [-0.2, -0.15) is 0 Å². The van der Waals surface area contributed by atoms with E-state index in [1.807, 2.05) is 12.1 Å². The predicted octanol–water partition coefficient (Wildman–Crippen LogP) is 2.43. The molecule has 1 aliphatic heterocycles. The molecule has 0 amide bonds. The molecule has 0 spiro atoms. The summed E-state index contributed by atoms with van der Waals surface area (Å²) in [6.45, 7) is 1.61. The quantitative estimate of drug-likeness (QED) is 0.901. The lowest BCUT2D eigenvalue weighted by Gasteiger charge is -2.24. The molecule has 0 bridgehead atoms. The zero-order chi connectivity index (χ0) is 13.2. The summed E-state index contributed by atoms with van der Waals surface area (Å²) in [5, 5.41) is 1.07. The Balaban J connectivity index is 2.17. The number of benzene rings is 1. The van der Waals surface area contributed by atoms with Crippen LogP contribution in [-0.4, -0.2) is 25.3 Å². The van der Waals surface area contributed by atoms with E-state index in [1.165, 1.54) is 5.56 Å². The molecule has 1 aromatic carbocycles. The Bertz CT molecular complexity index is 641. The van der Waals surface area contributed by atoms with Gasteiger partial charge >= 0.3 is 0 Å². The van der Waals surface area contributed by atoms with E-state index in [2.05, 4.69) is 11.1 Å². The van der Waals surface area contributed by atoms with Gasteiger partial charge in [-0.3, -0.25) is 4.79 Å². The topological polar surface area (TPSA) is 51.3 Å². The van der Waals surface area contributed by atoms with Crippen molar-refractivity contribution in [2.45, 2.75) is 18.8 Å². The van der Waals surface area contributed by atoms with Crippen LogP contribution in [0.5, 0.6) is 5.75 Å².